The van der Waals surface area contributed by atoms with E-state index < -0.39 is 29.5 Å². The second-order valence-corrected chi connectivity index (χ2v) is 14.2. The van der Waals surface area contributed by atoms with Crippen LogP contribution in [0.15, 0.2) is 66.9 Å². The molecule has 2 bridgehead atoms. The van der Waals surface area contributed by atoms with Crippen LogP contribution in [0, 0.1) is 5.92 Å². The average Bonchev–Trinajstić information content (AvgIpc) is 3.69. The number of amides is 4. The van der Waals surface area contributed by atoms with E-state index in [4.69, 9.17) is 24.1 Å². The summed E-state index contributed by atoms with van der Waals surface area (Å²) in [6, 6.07) is 16.6. The van der Waals surface area contributed by atoms with Gasteiger partial charge in [0.2, 0.25) is 11.8 Å². The molecule has 4 amide bonds. The molecular formula is C41H53N5O9. The molecule has 55 heavy (non-hydrogen) atoms. The highest BCUT2D eigenvalue weighted by atomic mass is 16.5. The van der Waals surface area contributed by atoms with Gasteiger partial charge in [-0.2, -0.15) is 0 Å². The second kappa shape index (κ2) is 19.6. The summed E-state index contributed by atoms with van der Waals surface area (Å²) in [6.45, 7) is 5.57. The molecule has 1 aliphatic carbocycles. The minimum absolute atomic E-state index is 0.0766. The van der Waals surface area contributed by atoms with E-state index in [9.17, 15) is 19.2 Å². The predicted octanol–water partition coefficient (Wildman–Crippen LogP) is 3.86. The maximum Gasteiger partial charge on any atom is 0.290 e. The lowest BCUT2D eigenvalue weighted by Gasteiger charge is -2.38. The molecule has 14 nitrogen and oxygen atoms in total. The molecule has 14 heteroatoms. The lowest BCUT2D eigenvalue weighted by Crippen LogP contribution is -2.57. The van der Waals surface area contributed by atoms with Crippen LogP contribution in [0.3, 0.4) is 0 Å². The Hall–Kier alpha value is -5.66. The largest absolute Gasteiger partial charge is 0.497 e. The predicted molar refractivity (Wildman–Crippen MR) is 205 cm³/mol. The van der Waals surface area contributed by atoms with Crippen LogP contribution in [0.4, 0.5) is 0 Å². The number of benzene rings is 2. The number of carbonyl (C=O) groups excluding carboxylic acids is 4. The molecule has 2 aliphatic rings. The van der Waals surface area contributed by atoms with Gasteiger partial charge >= 0.3 is 0 Å². The van der Waals surface area contributed by atoms with E-state index in [0.29, 0.717) is 42.9 Å². The maximum atomic E-state index is 14.9. The first-order chi connectivity index (χ1) is 26.4. The third-order valence-electron chi connectivity index (χ3n) is 10.2. The topological polar surface area (TPSA) is 177 Å². The third kappa shape index (κ3) is 10.5. The number of carboxylic acid groups (broad SMARTS) is 1. The maximum absolute atomic E-state index is 14.9. The number of likely N-dealkylation sites (N-methyl/N-ethyl adjacent to an activating group) is 1. The second-order valence-electron chi connectivity index (χ2n) is 14.2. The standard InChI is InChI=1S/C40H51N5O7.CH2O2/c1-26(2)32-24-45(39(49)40(19-8-9-20-40)29-13-15-31(50-5)16-14-29)25-35(46)42-27(3)36(38(48)44(4)22-18-30-11-7-10-21-41-30)52-34-23-28(37(47)43-32)12-17-33(34)51-6;2-1-3/h7,10-17,21,23,26-27,32,36H,8-9,18-20,22,24-25H2,1-6H3,(H,42,46)(H,43,47);1H,(H,2,3)/t27-,32+,36+;/m0./s1. The van der Waals surface area contributed by atoms with E-state index in [1.54, 1.807) is 50.4 Å². The fourth-order valence-corrected chi connectivity index (χ4v) is 7.07. The van der Waals surface area contributed by atoms with Crippen LogP contribution in [-0.2, 0) is 31.0 Å². The molecule has 3 N–H and O–H groups in total. The Balaban J connectivity index is 0.00000217. The molecule has 2 aromatic carbocycles. The van der Waals surface area contributed by atoms with Crippen LogP contribution in [0.5, 0.6) is 17.2 Å². The number of methoxy groups -OCH3 is 2. The van der Waals surface area contributed by atoms with Gasteiger partial charge in [-0.15, -0.1) is 0 Å². The lowest BCUT2D eigenvalue weighted by molar-refractivity contribution is -0.143. The molecule has 1 fully saturated rings. The molecule has 5 rings (SSSR count). The van der Waals surface area contributed by atoms with Crippen LogP contribution in [-0.4, -0.2) is 109 Å². The van der Waals surface area contributed by atoms with Crippen molar-refractivity contribution in [3.05, 3.63) is 83.7 Å². The van der Waals surface area contributed by atoms with Gasteiger partial charge in [-0.1, -0.05) is 44.9 Å². The van der Waals surface area contributed by atoms with Crippen molar-refractivity contribution in [2.75, 3.05) is 40.9 Å². The minimum atomic E-state index is -1.19. The number of aromatic nitrogens is 1. The molecule has 0 saturated heterocycles. The normalized spacial score (nSPS) is 19.7. The average molecular weight is 760 g/mol. The number of fused-ring (bicyclic) bond motifs is 2. The molecule has 3 aromatic rings. The van der Waals surface area contributed by atoms with Crippen LogP contribution in [0.2, 0.25) is 0 Å². The summed E-state index contributed by atoms with van der Waals surface area (Å²) >= 11 is 0. The Bertz CT molecular complexity index is 1760. The Kier molecular flexibility index (Phi) is 15.0. The van der Waals surface area contributed by atoms with Gasteiger partial charge in [0.1, 0.15) is 5.75 Å². The highest BCUT2D eigenvalue weighted by Crippen LogP contribution is 2.43. The van der Waals surface area contributed by atoms with Crippen molar-refractivity contribution in [2.45, 2.75) is 76.5 Å². The molecular weight excluding hydrogens is 706 g/mol. The molecule has 3 atom stereocenters. The van der Waals surface area contributed by atoms with Gasteiger partial charge in [-0.25, -0.2) is 0 Å². The monoisotopic (exact) mass is 759 g/mol. The molecule has 1 aliphatic heterocycles. The van der Waals surface area contributed by atoms with Crippen molar-refractivity contribution in [2.24, 2.45) is 5.92 Å². The van der Waals surface area contributed by atoms with Crippen molar-refractivity contribution < 1.29 is 43.3 Å². The van der Waals surface area contributed by atoms with Gasteiger partial charge in [0.25, 0.3) is 18.3 Å². The van der Waals surface area contributed by atoms with Crippen LogP contribution >= 0.6 is 0 Å². The number of ether oxygens (including phenoxy) is 3. The molecule has 1 aromatic heterocycles. The van der Waals surface area contributed by atoms with E-state index >= 15 is 0 Å². The van der Waals surface area contributed by atoms with Crippen molar-refractivity contribution >= 4 is 30.1 Å². The molecule has 296 valence electrons. The highest BCUT2D eigenvalue weighted by molar-refractivity contribution is 5.96. The number of hydrogen-bond donors (Lipinski definition) is 3. The fraction of sp³-hybridized carbons (Fsp3) is 0.463. The highest BCUT2D eigenvalue weighted by Gasteiger charge is 2.46. The Morgan fingerprint density at radius 3 is 2.35 bits per heavy atom. The summed E-state index contributed by atoms with van der Waals surface area (Å²) in [6.07, 6.45) is 4.03. The first kappa shape index (κ1) is 42.1. The summed E-state index contributed by atoms with van der Waals surface area (Å²) in [4.78, 5) is 72.6. The smallest absolute Gasteiger partial charge is 0.290 e. The van der Waals surface area contributed by atoms with Crippen LogP contribution < -0.4 is 24.8 Å². The zero-order valence-corrected chi connectivity index (χ0v) is 32.4. The van der Waals surface area contributed by atoms with Gasteiger partial charge in [0, 0.05) is 50.1 Å². The van der Waals surface area contributed by atoms with Crippen molar-refractivity contribution in [3.8, 4) is 17.2 Å². The number of carbonyl (C=O) groups is 5. The zero-order valence-electron chi connectivity index (χ0n) is 32.4. The van der Waals surface area contributed by atoms with Crippen molar-refractivity contribution in [1.82, 2.24) is 25.4 Å². The first-order valence-electron chi connectivity index (χ1n) is 18.5. The molecule has 2 heterocycles. The summed E-state index contributed by atoms with van der Waals surface area (Å²) in [5.41, 5.74) is 1.16. The Morgan fingerprint density at radius 2 is 1.75 bits per heavy atom. The van der Waals surface area contributed by atoms with Crippen molar-refractivity contribution in [1.29, 1.82) is 0 Å². The fourth-order valence-electron chi connectivity index (χ4n) is 7.07. The molecule has 0 radical (unpaired) electrons. The van der Waals surface area contributed by atoms with E-state index in [-0.39, 0.29) is 49.0 Å². The lowest BCUT2D eigenvalue weighted by atomic mass is 9.77. The van der Waals surface area contributed by atoms with Crippen LogP contribution in [0.25, 0.3) is 0 Å². The van der Waals surface area contributed by atoms with E-state index in [1.807, 2.05) is 56.3 Å². The Labute approximate surface area is 322 Å². The van der Waals surface area contributed by atoms with E-state index in [0.717, 1.165) is 24.1 Å². The third-order valence-corrected chi connectivity index (χ3v) is 10.2. The summed E-state index contributed by atoms with van der Waals surface area (Å²) < 4.78 is 17.3. The van der Waals surface area contributed by atoms with Crippen molar-refractivity contribution in [3.63, 3.8) is 0 Å². The number of nitrogens with zero attached hydrogens (tertiary/aromatic N) is 3. The zero-order chi connectivity index (χ0) is 40.1. The van der Waals surface area contributed by atoms with Gasteiger partial charge in [-0.3, -0.25) is 29.0 Å². The summed E-state index contributed by atoms with van der Waals surface area (Å²) in [5, 5.41) is 13.0. The quantitative estimate of drug-likeness (QED) is 0.272. The van der Waals surface area contributed by atoms with E-state index in [2.05, 4.69) is 15.6 Å². The summed E-state index contributed by atoms with van der Waals surface area (Å²) in [7, 11) is 4.75. The molecule has 1 saturated carbocycles. The number of hydrogen-bond acceptors (Lipinski definition) is 9. The van der Waals surface area contributed by atoms with Crippen LogP contribution in [0.1, 0.15) is 68.1 Å². The molecule has 0 unspecified atom stereocenters. The van der Waals surface area contributed by atoms with Gasteiger partial charge in [0.05, 0.1) is 32.2 Å². The van der Waals surface area contributed by atoms with Gasteiger partial charge < -0.3 is 39.8 Å². The minimum Gasteiger partial charge on any atom is -0.497 e. The summed E-state index contributed by atoms with van der Waals surface area (Å²) in [5.74, 6) is -0.262. The molecule has 0 spiro atoms. The number of pyridine rings is 1. The Morgan fingerprint density at radius 1 is 1.05 bits per heavy atom. The van der Waals surface area contributed by atoms with Gasteiger partial charge in [0.15, 0.2) is 17.6 Å². The number of rotatable bonds is 9. The number of nitrogens with one attached hydrogen (secondary N) is 2. The first-order valence-corrected chi connectivity index (χ1v) is 18.5. The SMILES string of the molecule is COc1ccc(C2(C(=O)N3CC(=O)N[C@@H](C)[C@H](C(=O)N(C)CCc4ccccn4)Oc4cc(ccc4OC)C(=O)N[C@@H](C(C)C)C3)CCCC2)cc1.O=CO. The van der Waals surface area contributed by atoms with E-state index in [1.165, 1.54) is 12.0 Å². The van der Waals surface area contributed by atoms with Gasteiger partial charge in [-0.05, 0) is 73.7 Å².